The van der Waals surface area contributed by atoms with Gasteiger partial charge >= 0.3 is 0 Å². The summed E-state index contributed by atoms with van der Waals surface area (Å²) in [5.41, 5.74) is 1.11. The third kappa shape index (κ3) is 1.78. The Bertz CT molecular complexity index is 545. The monoisotopic (exact) mass is 274 g/mol. The highest BCUT2D eigenvalue weighted by molar-refractivity contribution is 8.13. The normalized spacial score (nSPS) is 34.9. The Morgan fingerprint density at radius 3 is 2.18 bits per heavy atom. The van der Waals surface area contributed by atoms with Crippen LogP contribution in [0.3, 0.4) is 0 Å². The van der Waals surface area contributed by atoms with E-state index in [1.54, 1.807) is 12.1 Å². The Balaban J connectivity index is 1.74. The van der Waals surface area contributed by atoms with E-state index in [4.69, 9.17) is 10.7 Å². The summed E-state index contributed by atoms with van der Waals surface area (Å²) in [4.78, 5) is 0. The maximum Gasteiger partial charge on any atom is 0.233 e. The highest BCUT2D eigenvalue weighted by Crippen LogP contribution is 2.74. The van der Waals surface area contributed by atoms with Crippen molar-refractivity contribution in [3.63, 3.8) is 0 Å². The molecule has 1 aromatic rings. The molecule has 0 radical (unpaired) electrons. The van der Waals surface area contributed by atoms with Gasteiger partial charge in [0.25, 0.3) is 0 Å². The highest BCUT2D eigenvalue weighted by atomic mass is 35.7. The molecule has 0 N–H and O–H groups in total. The number of hydrogen-bond acceptors (Lipinski definition) is 2. The first-order valence-electron chi connectivity index (χ1n) is 5.51. The quantitative estimate of drug-likeness (QED) is 0.795. The van der Waals surface area contributed by atoms with Crippen LogP contribution in [-0.2, 0) is 14.5 Å². The van der Waals surface area contributed by atoms with Crippen LogP contribution in [0.5, 0.6) is 0 Å². The second-order valence-electron chi connectivity index (χ2n) is 5.50. The Kier molecular flexibility index (Phi) is 2.18. The zero-order valence-corrected chi connectivity index (χ0v) is 10.7. The Hall–Kier alpha value is -0.610. The van der Waals surface area contributed by atoms with E-state index in [0.29, 0.717) is 0 Å². The van der Waals surface area contributed by atoms with Gasteiger partial charge < -0.3 is 0 Å². The summed E-state index contributed by atoms with van der Waals surface area (Å²) in [5.74, 6) is -0.164. The molecule has 3 aliphatic rings. The molecular formula is C12H12ClFO2S. The summed E-state index contributed by atoms with van der Waals surface area (Å²) in [7, 11) is 1.88. The molecule has 0 aliphatic heterocycles. The van der Waals surface area contributed by atoms with Gasteiger partial charge in [-0.1, -0.05) is 12.1 Å². The van der Waals surface area contributed by atoms with Crippen molar-refractivity contribution in [3.05, 3.63) is 35.6 Å². The first-order chi connectivity index (χ1) is 7.83. The van der Waals surface area contributed by atoms with Crippen molar-refractivity contribution in [1.82, 2.24) is 0 Å². The minimum absolute atomic E-state index is 0.0739. The molecule has 1 aromatic carbocycles. The first-order valence-corrected chi connectivity index (χ1v) is 7.99. The van der Waals surface area contributed by atoms with E-state index < -0.39 is 9.05 Å². The largest absolute Gasteiger partial charge is 0.233 e. The summed E-state index contributed by atoms with van der Waals surface area (Å²) in [5, 5.41) is 0. The number of halogens is 2. The lowest BCUT2D eigenvalue weighted by Crippen LogP contribution is -2.66. The minimum atomic E-state index is -3.41. The van der Waals surface area contributed by atoms with Gasteiger partial charge in [-0.2, -0.15) is 0 Å². The average Bonchev–Trinajstić information content (AvgIpc) is 2.09. The predicted octanol–water partition coefficient (Wildman–Crippen LogP) is 2.82. The predicted molar refractivity (Wildman–Crippen MR) is 64.0 cm³/mol. The van der Waals surface area contributed by atoms with E-state index in [1.165, 1.54) is 12.1 Å². The van der Waals surface area contributed by atoms with Gasteiger partial charge in [0.15, 0.2) is 0 Å². The van der Waals surface area contributed by atoms with Crippen LogP contribution in [0.2, 0.25) is 0 Å². The standard InChI is InChI=1S/C12H12ClFO2S/c13-17(15,16)8-11-5-12(6-11,7-11)9-1-3-10(14)4-2-9/h1-4H,5-8H2. The molecule has 0 amide bonds. The van der Waals surface area contributed by atoms with E-state index in [1.807, 2.05) is 0 Å². The third-order valence-corrected chi connectivity index (χ3v) is 5.36. The minimum Gasteiger partial charge on any atom is -0.212 e. The van der Waals surface area contributed by atoms with Gasteiger partial charge in [-0.05, 0) is 47.8 Å². The van der Waals surface area contributed by atoms with Crippen molar-refractivity contribution in [3.8, 4) is 0 Å². The van der Waals surface area contributed by atoms with Crippen molar-refractivity contribution in [2.75, 3.05) is 5.75 Å². The molecule has 3 fully saturated rings. The van der Waals surface area contributed by atoms with Crippen molar-refractivity contribution in [1.29, 1.82) is 0 Å². The summed E-state index contributed by atoms with van der Waals surface area (Å²) in [6.45, 7) is 0. The molecule has 3 saturated carbocycles. The lowest BCUT2D eigenvalue weighted by Gasteiger charge is -2.71. The van der Waals surface area contributed by atoms with Gasteiger partial charge in [-0.15, -0.1) is 0 Å². The van der Waals surface area contributed by atoms with Gasteiger partial charge in [-0.3, -0.25) is 0 Å². The molecule has 92 valence electrons. The molecule has 0 heterocycles. The van der Waals surface area contributed by atoms with E-state index in [0.717, 1.165) is 24.8 Å². The van der Waals surface area contributed by atoms with Crippen LogP contribution in [0.1, 0.15) is 24.8 Å². The summed E-state index contributed by atoms with van der Waals surface area (Å²) in [6.07, 6.45) is 2.58. The van der Waals surface area contributed by atoms with Crippen LogP contribution >= 0.6 is 10.7 Å². The number of hydrogen-bond donors (Lipinski definition) is 0. The Morgan fingerprint density at radius 1 is 1.18 bits per heavy atom. The van der Waals surface area contributed by atoms with Crippen molar-refractivity contribution in [2.24, 2.45) is 5.41 Å². The summed E-state index contributed by atoms with van der Waals surface area (Å²) >= 11 is 0. The van der Waals surface area contributed by atoms with Gasteiger partial charge in [0.1, 0.15) is 5.82 Å². The lowest BCUT2D eigenvalue weighted by atomic mass is 9.34. The zero-order chi connectivity index (χ0) is 12.3. The van der Waals surface area contributed by atoms with E-state index in [-0.39, 0.29) is 22.4 Å². The average molecular weight is 275 g/mol. The van der Waals surface area contributed by atoms with Gasteiger partial charge in [0, 0.05) is 10.7 Å². The number of rotatable bonds is 3. The van der Waals surface area contributed by atoms with Crippen LogP contribution in [0.25, 0.3) is 0 Å². The second kappa shape index (κ2) is 3.23. The van der Waals surface area contributed by atoms with Crippen molar-refractivity contribution in [2.45, 2.75) is 24.7 Å². The Labute approximate surface area is 104 Å². The smallest absolute Gasteiger partial charge is 0.212 e. The maximum absolute atomic E-state index is 12.8. The van der Waals surface area contributed by atoms with Crippen LogP contribution in [-0.4, -0.2) is 14.2 Å². The summed E-state index contributed by atoms with van der Waals surface area (Å²) in [6, 6.07) is 6.52. The molecule has 4 rings (SSSR count). The Morgan fingerprint density at radius 2 is 1.71 bits per heavy atom. The lowest BCUT2D eigenvalue weighted by molar-refractivity contribution is -0.122. The second-order valence-corrected chi connectivity index (χ2v) is 8.28. The maximum atomic E-state index is 12.8. The topological polar surface area (TPSA) is 34.1 Å². The van der Waals surface area contributed by atoms with Crippen LogP contribution in [0, 0.1) is 11.2 Å². The molecule has 0 saturated heterocycles. The fourth-order valence-electron chi connectivity index (χ4n) is 3.63. The molecule has 17 heavy (non-hydrogen) atoms. The van der Waals surface area contributed by atoms with Crippen molar-refractivity contribution >= 4 is 19.7 Å². The molecule has 5 heteroatoms. The molecule has 0 aromatic heterocycles. The molecule has 2 nitrogen and oxygen atoms in total. The fourth-order valence-corrected chi connectivity index (χ4v) is 5.36. The van der Waals surface area contributed by atoms with Gasteiger partial charge in [-0.25, -0.2) is 12.8 Å². The molecule has 0 unspecified atom stereocenters. The van der Waals surface area contributed by atoms with E-state index in [9.17, 15) is 12.8 Å². The van der Waals surface area contributed by atoms with Crippen LogP contribution in [0.15, 0.2) is 24.3 Å². The van der Waals surface area contributed by atoms with Crippen LogP contribution < -0.4 is 0 Å². The van der Waals surface area contributed by atoms with E-state index >= 15 is 0 Å². The molecule has 3 aliphatic carbocycles. The zero-order valence-electron chi connectivity index (χ0n) is 9.12. The van der Waals surface area contributed by atoms with Gasteiger partial charge in [0.05, 0.1) is 5.75 Å². The van der Waals surface area contributed by atoms with Crippen LogP contribution in [0.4, 0.5) is 4.39 Å². The van der Waals surface area contributed by atoms with Crippen molar-refractivity contribution < 1.29 is 12.8 Å². The fraction of sp³-hybridized carbons (Fsp3) is 0.500. The first kappa shape index (κ1) is 11.5. The molecule has 2 bridgehead atoms. The summed E-state index contributed by atoms with van der Waals surface area (Å²) < 4.78 is 34.9. The van der Waals surface area contributed by atoms with E-state index in [2.05, 4.69) is 0 Å². The SMILES string of the molecule is O=S(=O)(Cl)CC12CC(c3ccc(F)cc3)(C1)C2. The number of benzene rings is 1. The molecule has 0 atom stereocenters. The van der Waals surface area contributed by atoms with Gasteiger partial charge in [0.2, 0.25) is 9.05 Å². The molecular weight excluding hydrogens is 263 g/mol. The third-order valence-electron chi connectivity index (χ3n) is 4.08. The highest BCUT2D eigenvalue weighted by Gasteiger charge is 2.68. The molecule has 0 spiro atoms.